The smallest absolute Gasteiger partial charge is 0.165 e. The van der Waals surface area contributed by atoms with E-state index in [9.17, 15) is 9.90 Å². The molecule has 2 aromatic carbocycles. The lowest BCUT2D eigenvalue weighted by Crippen LogP contribution is -2.39. The first-order valence-electron chi connectivity index (χ1n) is 8.41. The zero-order valence-corrected chi connectivity index (χ0v) is 13.9. The van der Waals surface area contributed by atoms with Crippen LogP contribution in [-0.2, 0) is 10.4 Å². The van der Waals surface area contributed by atoms with Crippen molar-refractivity contribution in [3.8, 4) is 0 Å². The maximum atomic E-state index is 12.6. The van der Waals surface area contributed by atoms with E-state index in [0.29, 0.717) is 12.0 Å². The lowest BCUT2D eigenvalue weighted by atomic mass is 9.69. The van der Waals surface area contributed by atoms with Crippen molar-refractivity contribution >= 4 is 5.78 Å². The van der Waals surface area contributed by atoms with E-state index in [2.05, 4.69) is 6.92 Å². The lowest BCUT2D eigenvalue weighted by molar-refractivity contribution is -0.117. The number of ketones is 1. The predicted molar refractivity (Wildman–Crippen MR) is 96.7 cm³/mol. The van der Waals surface area contributed by atoms with Gasteiger partial charge in [-0.1, -0.05) is 85.8 Å². The summed E-state index contributed by atoms with van der Waals surface area (Å²) in [6.07, 6.45) is 6.53. The largest absolute Gasteiger partial charge is 0.380 e. The second-order valence-corrected chi connectivity index (χ2v) is 6.14. The van der Waals surface area contributed by atoms with Gasteiger partial charge in [-0.2, -0.15) is 0 Å². The van der Waals surface area contributed by atoms with Crippen LogP contribution < -0.4 is 0 Å². The van der Waals surface area contributed by atoms with Gasteiger partial charge in [0.2, 0.25) is 0 Å². The molecule has 0 fully saturated rings. The van der Waals surface area contributed by atoms with Crippen LogP contribution in [0.25, 0.3) is 0 Å². The van der Waals surface area contributed by atoms with Crippen LogP contribution in [0.5, 0.6) is 0 Å². The summed E-state index contributed by atoms with van der Waals surface area (Å²) in [5.41, 5.74) is 0.941. The molecule has 24 heavy (non-hydrogen) atoms. The summed E-state index contributed by atoms with van der Waals surface area (Å²) in [5.74, 6) is -0.207. The Balaban J connectivity index is 2.20. The first kappa shape index (κ1) is 16.4. The molecule has 0 saturated carbocycles. The predicted octanol–water partition coefficient (Wildman–Crippen LogP) is 4.52. The van der Waals surface area contributed by atoms with Crippen LogP contribution in [0.15, 0.2) is 84.5 Å². The fourth-order valence-electron chi connectivity index (χ4n) is 3.58. The van der Waals surface area contributed by atoms with Gasteiger partial charge in [0, 0.05) is 17.9 Å². The molecule has 2 nitrogen and oxygen atoms in total. The molecule has 0 saturated heterocycles. The van der Waals surface area contributed by atoms with Crippen molar-refractivity contribution in [3.05, 3.63) is 95.6 Å². The number of carbonyl (C=O) groups excluding carboxylic acids is 1. The maximum Gasteiger partial charge on any atom is 0.165 e. The van der Waals surface area contributed by atoms with Crippen molar-refractivity contribution in [1.82, 2.24) is 0 Å². The minimum atomic E-state index is -1.33. The highest BCUT2D eigenvalue weighted by Gasteiger charge is 2.44. The molecule has 1 aliphatic carbocycles. The second-order valence-electron chi connectivity index (χ2n) is 6.14. The molecule has 2 aromatic rings. The number of aliphatic hydroxyl groups is 1. The molecule has 0 radical (unpaired) electrons. The molecule has 0 amide bonds. The van der Waals surface area contributed by atoms with E-state index in [4.69, 9.17) is 0 Å². The van der Waals surface area contributed by atoms with E-state index < -0.39 is 5.60 Å². The Bertz CT molecular complexity index is 759. The minimum absolute atomic E-state index is 0.0155. The van der Waals surface area contributed by atoms with Gasteiger partial charge < -0.3 is 5.11 Å². The zero-order chi connectivity index (χ0) is 17.0. The van der Waals surface area contributed by atoms with E-state index in [0.717, 1.165) is 17.5 Å². The standard InChI is InChI=1S/C22H22O2/c1-2-19(17-11-5-3-6-12-17)22(24,18-13-7-4-8-14-18)20-15-9-10-16-21(20)23/h3-15,19,24H,2,16H2,1H3. The van der Waals surface area contributed by atoms with E-state index in [1.807, 2.05) is 72.8 Å². The third-order valence-corrected chi connectivity index (χ3v) is 4.74. The van der Waals surface area contributed by atoms with Crippen LogP contribution in [0.4, 0.5) is 0 Å². The third kappa shape index (κ3) is 2.85. The maximum absolute atomic E-state index is 12.6. The Hall–Kier alpha value is -2.45. The molecule has 122 valence electrons. The Labute approximate surface area is 143 Å². The molecule has 0 aliphatic heterocycles. The van der Waals surface area contributed by atoms with Gasteiger partial charge in [0.25, 0.3) is 0 Å². The van der Waals surface area contributed by atoms with Crippen molar-refractivity contribution in [2.75, 3.05) is 0 Å². The van der Waals surface area contributed by atoms with Crippen molar-refractivity contribution in [3.63, 3.8) is 0 Å². The van der Waals surface area contributed by atoms with Crippen LogP contribution in [-0.4, -0.2) is 10.9 Å². The van der Waals surface area contributed by atoms with Crippen LogP contribution in [0, 0.1) is 0 Å². The van der Waals surface area contributed by atoms with Crippen LogP contribution in [0.2, 0.25) is 0 Å². The number of Topliss-reactive ketones (excluding diaryl/α,β-unsaturated/α-hetero) is 1. The number of rotatable bonds is 5. The number of benzene rings is 2. The minimum Gasteiger partial charge on any atom is -0.380 e. The Morgan fingerprint density at radius 2 is 1.67 bits per heavy atom. The fraction of sp³-hybridized carbons (Fsp3) is 0.227. The molecule has 2 unspecified atom stereocenters. The highest BCUT2D eigenvalue weighted by molar-refractivity contribution is 6.00. The van der Waals surface area contributed by atoms with Crippen LogP contribution in [0.3, 0.4) is 0 Å². The van der Waals surface area contributed by atoms with Gasteiger partial charge in [0.1, 0.15) is 5.60 Å². The van der Waals surface area contributed by atoms with Gasteiger partial charge in [-0.25, -0.2) is 0 Å². The quantitative estimate of drug-likeness (QED) is 0.880. The Morgan fingerprint density at radius 1 is 1.04 bits per heavy atom. The molecule has 2 heteroatoms. The highest BCUT2D eigenvalue weighted by Crippen LogP contribution is 2.45. The molecule has 2 atom stereocenters. The number of allylic oxidation sites excluding steroid dienone is 3. The molecule has 1 N–H and O–H groups in total. The normalized spacial score (nSPS) is 17.9. The molecule has 0 bridgehead atoms. The van der Waals surface area contributed by atoms with Crippen molar-refractivity contribution in [2.45, 2.75) is 31.3 Å². The molecule has 0 aromatic heterocycles. The van der Waals surface area contributed by atoms with Gasteiger partial charge in [0.05, 0.1) is 0 Å². The van der Waals surface area contributed by atoms with Crippen molar-refractivity contribution < 1.29 is 9.90 Å². The Morgan fingerprint density at radius 3 is 2.25 bits per heavy atom. The monoisotopic (exact) mass is 318 g/mol. The van der Waals surface area contributed by atoms with E-state index in [-0.39, 0.29) is 11.7 Å². The summed E-state index contributed by atoms with van der Waals surface area (Å²) in [5, 5.41) is 11.9. The number of carbonyl (C=O) groups is 1. The SMILES string of the molecule is CCC(c1ccccc1)C(O)(C1=CC=CCC1=O)c1ccccc1. The zero-order valence-electron chi connectivity index (χ0n) is 13.9. The van der Waals surface area contributed by atoms with Crippen molar-refractivity contribution in [2.24, 2.45) is 0 Å². The van der Waals surface area contributed by atoms with Gasteiger partial charge in [-0.15, -0.1) is 0 Å². The molecule has 0 heterocycles. The summed E-state index contributed by atoms with van der Waals surface area (Å²) >= 11 is 0. The third-order valence-electron chi connectivity index (χ3n) is 4.74. The molecule has 0 spiro atoms. The van der Waals surface area contributed by atoms with Crippen molar-refractivity contribution in [1.29, 1.82) is 0 Å². The van der Waals surface area contributed by atoms with Gasteiger partial charge in [-0.05, 0) is 17.5 Å². The summed E-state index contributed by atoms with van der Waals surface area (Å²) in [6.45, 7) is 2.05. The summed E-state index contributed by atoms with van der Waals surface area (Å²) in [7, 11) is 0. The number of hydrogen-bond acceptors (Lipinski definition) is 2. The molecular weight excluding hydrogens is 296 g/mol. The first-order valence-corrected chi connectivity index (χ1v) is 8.41. The average molecular weight is 318 g/mol. The molecule has 1 aliphatic rings. The van der Waals surface area contributed by atoms with Gasteiger partial charge in [0.15, 0.2) is 5.78 Å². The van der Waals surface area contributed by atoms with E-state index in [1.165, 1.54) is 0 Å². The molecular formula is C22H22O2. The second kappa shape index (κ2) is 6.98. The fourth-order valence-corrected chi connectivity index (χ4v) is 3.58. The lowest BCUT2D eigenvalue weighted by Gasteiger charge is -2.38. The highest BCUT2D eigenvalue weighted by atomic mass is 16.3. The van der Waals surface area contributed by atoms with E-state index in [1.54, 1.807) is 6.08 Å². The number of hydrogen-bond donors (Lipinski definition) is 1. The van der Waals surface area contributed by atoms with Crippen LogP contribution in [0.1, 0.15) is 36.8 Å². The van der Waals surface area contributed by atoms with Crippen LogP contribution >= 0.6 is 0 Å². The summed E-state index contributed by atoms with van der Waals surface area (Å²) in [4.78, 5) is 12.6. The van der Waals surface area contributed by atoms with Gasteiger partial charge in [-0.3, -0.25) is 4.79 Å². The summed E-state index contributed by atoms with van der Waals surface area (Å²) < 4.78 is 0. The Kier molecular flexibility index (Phi) is 4.77. The molecule has 3 rings (SSSR count). The average Bonchev–Trinajstić information content (AvgIpc) is 2.64. The van der Waals surface area contributed by atoms with Gasteiger partial charge >= 0.3 is 0 Å². The first-order chi connectivity index (χ1) is 11.7. The summed E-state index contributed by atoms with van der Waals surface area (Å²) in [6, 6.07) is 19.5. The van der Waals surface area contributed by atoms with E-state index >= 15 is 0 Å². The topological polar surface area (TPSA) is 37.3 Å².